The number of carbonyl (C=O) groups is 2. The van der Waals surface area contributed by atoms with Crippen LogP contribution >= 0.6 is 0 Å². The van der Waals surface area contributed by atoms with Gasteiger partial charge in [-0.05, 0) is 0 Å². The van der Waals surface area contributed by atoms with Gasteiger partial charge in [0.15, 0.2) is 0 Å². The SMILES string of the molecule is CC(=O)N[C@H]1[C@H]([C@H](O)[C@H](O)CO)O[C@@]([Se]c2ccccc2)(C(=O)O)C[C@@H]1O. The van der Waals surface area contributed by atoms with Gasteiger partial charge in [-0.15, -0.1) is 0 Å². The van der Waals surface area contributed by atoms with Crippen LogP contribution in [0.3, 0.4) is 0 Å². The number of benzene rings is 1. The number of carboxylic acid groups (broad SMARTS) is 1. The molecule has 0 bridgehead atoms. The van der Waals surface area contributed by atoms with Gasteiger partial charge in [-0.25, -0.2) is 0 Å². The first-order valence-electron chi connectivity index (χ1n) is 8.27. The number of nitrogens with one attached hydrogen (secondary N) is 1. The van der Waals surface area contributed by atoms with Crippen molar-refractivity contribution in [2.75, 3.05) is 6.61 Å². The Bertz CT molecular complexity index is 660. The molecule has 0 unspecified atom stereocenters. The predicted molar refractivity (Wildman–Crippen MR) is 94.4 cm³/mol. The van der Waals surface area contributed by atoms with Gasteiger partial charge in [-0.2, -0.15) is 0 Å². The summed E-state index contributed by atoms with van der Waals surface area (Å²) < 4.78 is 4.63. The van der Waals surface area contributed by atoms with E-state index in [0.29, 0.717) is 4.46 Å². The molecule has 6 N–H and O–H groups in total. The van der Waals surface area contributed by atoms with E-state index in [4.69, 9.17) is 9.84 Å². The third-order valence-electron chi connectivity index (χ3n) is 4.21. The molecule has 0 aliphatic carbocycles. The minimum absolute atomic E-state index is 0.305. The Kier molecular flexibility index (Phi) is 7.35. The number of carbonyl (C=O) groups excluding carboxylic acids is 1. The standard InChI is InChI=1S/C17H23NO8Se/c1-9(20)18-13-11(21)7-17(16(24)25,27-10-5-3-2-4-6-10)26-15(13)14(23)12(22)8-19/h2-6,11-15,19,21-23H,7-8H2,1H3,(H,18,20)(H,24,25)/t11-,12+,13+,14+,15+,17-/m0/s1. The molecule has 1 fully saturated rings. The quantitative estimate of drug-likeness (QED) is 0.244. The molecule has 1 aliphatic heterocycles. The molecule has 2 rings (SSSR count). The van der Waals surface area contributed by atoms with E-state index in [9.17, 15) is 30.0 Å². The Balaban J connectivity index is 2.39. The third-order valence-corrected chi connectivity index (χ3v) is 6.89. The van der Waals surface area contributed by atoms with Crippen LogP contribution in [0.5, 0.6) is 0 Å². The van der Waals surface area contributed by atoms with Gasteiger partial charge in [0.25, 0.3) is 0 Å². The van der Waals surface area contributed by atoms with Gasteiger partial charge in [-0.3, -0.25) is 0 Å². The molecular formula is C17H23NO8Se. The zero-order valence-electron chi connectivity index (χ0n) is 14.6. The second kappa shape index (κ2) is 9.11. The van der Waals surface area contributed by atoms with Gasteiger partial charge in [0.05, 0.1) is 0 Å². The number of aliphatic carboxylic acids is 1. The molecule has 9 nitrogen and oxygen atoms in total. The van der Waals surface area contributed by atoms with Gasteiger partial charge in [0.2, 0.25) is 0 Å². The van der Waals surface area contributed by atoms with Crippen LogP contribution in [-0.4, -0.2) is 93.9 Å². The van der Waals surface area contributed by atoms with Crippen LogP contribution in [0, 0.1) is 0 Å². The third kappa shape index (κ3) is 5.05. The summed E-state index contributed by atoms with van der Waals surface area (Å²) in [5.74, 6) is -1.84. The Morgan fingerprint density at radius 1 is 1.33 bits per heavy atom. The number of hydrogen-bond donors (Lipinski definition) is 6. The fraction of sp³-hybridized carbons (Fsp3) is 0.529. The first kappa shape index (κ1) is 21.8. The molecule has 0 spiro atoms. The van der Waals surface area contributed by atoms with Gasteiger partial charge in [0, 0.05) is 0 Å². The summed E-state index contributed by atoms with van der Waals surface area (Å²) in [5, 5.41) is 52.1. The van der Waals surface area contributed by atoms with Crippen molar-refractivity contribution in [2.45, 2.75) is 48.3 Å². The minimum atomic E-state index is -1.82. The van der Waals surface area contributed by atoms with Crippen molar-refractivity contribution in [2.24, 2.45) is 0 Å². The fourth-order valence-electron chi connectivity index (χ4n) is 2.91. The van der Waals surface area contributed by atoms with Crippen molar-refractivity contribution in [1.82, 2.24) is 5.32 Å². The summed E-state index contributed by atoms with van der Waals surface area (Å²) in [5.41, 5.74) is 0. The number of amides is 1. The first-order chi connectivity index (χ1) is 12.7. The van der Waals surface area contributed by atoms with Gasteiger partial charge in [-0.1, -0.05) is 0 Å². The van der Waals surface area contributed by atoms with E-state index in [1.807, 2.05) is 0 Å². The van der Waals surface area contributed by atoms with Crippen molar-refractivity contribution in [1.29, 1.82) is 0 Å². The number of hydrogen-bond acceptors (Lipinski definition) is 7. The van der Waals surface area contributed by atoms with Crippen molar-refractivity contribution in [3.63, 3.8) is 0 Å². The fourth-order valence-corrected chi connectivity index (χ4v) is 5.37. The normalized spacial score (nSPS) is 30.3. The van der Waals surface area contributed by atoms with Gasteiger partial charge >= 0.3 is 162 Å². The summed E-state index contributed by atoms with van der Waals surface area (Å²) in [6.45, 7) is 0.402. The first-order valence-corrected chi connectivity index (χ1v) is 9.99. The van der Waals surface area contributed by atoms with Crippen molar-refractivity contribution in [3.8, 4) is 0 Å². The van der Waals surface area contributed by atoms with Crippen LogP contribution in [0.1, 0.15) is 13.3 Å². The molecule has 1 heterocycles. The van der Waals surface area contributed by atoms with Crippen molar-refractivity contribution in [3.05, 3.63) is 30.3 Å². The van der Waals surface area contributed by atoms with E-state index in [1.165, 1.54) is 6.92 Å². The Hall–Kier alpha value is -1.52. The molecule has 0 saturated carbocycles. The molecular weight excluding hydrogens is 425 g/mol. The summed E-state index contributed by atoms with van der Waals surface area (Å²) in [6, 6.07) is 7.59. The molecule has 150 valence electrons. The Labute approximate surface area is 162 Å². The number of aliphatic hydroxyl groups is 4. The van der Waals surface area contributed by atoms with Gasteiger partial charge in [0.1, 0.15) is 0 Å². The Morgan fingerprint density at radius 2 is 1.96 bits per heavy atom. The van der Waals surface area contributed by atoms with Crippen LogP contribution in [-0.2, 0) is 14.3 Å². The average molecular weight is 448 g/mol. The van der Waals surface area contributed by atoms with E-state index in [2.05, 4.69) is 5.32 Å². The number of rotatable bonds is 7. The van der Waals surface area contributed by atoms with E-state index in [1.54, 1.807) is 30.3 Å². The van der Waals surface area contributed by atoms with Crippen molar-refractivity contribution < 1.29 is 39.9 Å². The maximum atomic E-state index is 12.1. The molecule has 1 aliphatic rings. The Morgan fingerprint density at radius 3 is 2.48 bits per heavy atom. The molecule has 6 atom stereocenters. The molecule has 0 radical (unpaired) electrons. The molecule has 1 amide bonds. The number of carboxylic acids is 1. The van der Waals surface area contributed by atoms with E-state index in [0.717, 1.165) is 0 Å². The summed E-state index contributed by atoms with van der Waals surface area (Å²) >= 11 is -0.787. The topological polar surface area (TPSA) is 157 Å². The van der Waals surface area contributed by atoms with Crippen LogP contribution in [0.2, 0.25) is 0 Å². The molecule has 1 aromatic carbocycles. The molecule has 1 aromatic rings. The predicted octanol–water partition coefficient (Wildman–Crippen LogP) is -2.83. The number of aliphatic hydroxyl groups excluding tert-OH is 4. The van der Waals surface area contributed by atoms with Crippen molar-refractivity contribution >= 4 is 31.3 Å². The van der Waals surface area contributed by atoms with E-state index < -0.39 is 68.4 Å². The number of ether oxygens (including phenoxy) is 1. The summed E-state index contributed by atoms with van der Waals surface area (Å²) in [6.07, 6.45) is -6.42. The maximum absolute atomic E-state index is 12.1. The average Bonchev–Trinajstić information content (AvgIpc) is 2.62. The summed E-state index contributed by atoms with van der Waals surface area (Å²) in [4.78, 5) is 23.5. The second-order valence-electron chi connectivity index (χ2n) is 6.29. The second-order valence-corrected chi connectivity index (χ2v) is 9.09. The zero-order valence-corrected chi connectivity index (χ0v) is 16.3. The molecule has 0 aromatic heterocycles. The monoisotopic (exact) mass is 449 g/mol. The van der Waals surface area contributed by atoms with Crippen LogP contribution in [0.25, 0.3) is 0 Å². The van der Waals surface area contributed by atoms with Crippen LogP contribution < -0.4 is 9.78 Å². The van der Waals surface area contributed by atoms with E-state index in [-0.39, 0.29) is 6.42 Å². The summed E-state index contributed by atoms with van der Waals surface area (Å²) in [7, 11) is 0. The van der Waals surface area contributed by atoms with E-state index >= 15 is 0 Å². The molecule has 1 saturated heterocycles. The molecule has 27 heavy (non-hydrogen) atoms. The zero-order chi connectivity index (χ0) is 20.2. The molecule has 10 heteroatoms. The van der Waals surface area contributed by atoms with Crippen LogP contribution in [0.4, 0.5) is 0 Å². The van der Waals surface area contributed by atoms with Crippen LogP contribution in [0.15, 0.2) is 30.3 Å². The van der Waals surface area contributed by atoms with Gasteiger partial charge < -0.3 is 0 Å².